The molecule has 0 aromatic carbocycles. The van der Waals surface area contributed by atoms with Crippen LogP contribution in [0.2, 0.25) is 0 Å². The molecule has 0 aliphatic carbocycles. The molecule has 0 unspecified atom stereocenters. The molecular formula is C8H10N3O3S-. The molecule has 7 heteroatoms. The molecule has 82 valence electrons. The average Bonchev–Trinajstić information content (AvgIpc) is 2.61. The van der Waals surface area contributed by atoms with E-state index < -0.39 is 5.97 Å². The number of hydrogen-bond acceptors (Lipinski definition) is 7. The largest absolute Gasteiger partial charge is 0.761 e. The highest BCUT2D eigenvalue weighted by atomic mass is 32.1. The number of carbonyl (C=O) groups is 1. The van der Waals surface area contributed by atoms with Crippen molar-refractivity contribution in [3.8, 4) is 0 Å². The van der Waals surface area contributed by atoms with E-state index in [1.807, 2.05) is 0 Å². The normalized spacial score (nSPS) is 10.5. The molecule has 0 spiro atoms. The van der Waals surface area contributed by atoms with E-state index in [2.05, 4.69) is 4.98 Å². The second-order valence-electron chi connectivity index (χ2n) is 2.55. The first-order chi connectivity index (χ1) is 7.22. The second-order valence-corrected chi connectivity index (χ2v) is 3.44. The van der Waals surface area contributed by atoms with E-state index in [1.165, 1.54) is 16.8 Å². The molecule has 0 radical (unpaired) electrons. The molecule has 0 saturated carbocycles. The molecule has 0 saturated heterocycles. The van der Waals surface area contributed by atoms with Gasteiger partial charge in [-0.3, -0.25) is 0 Å². The molecule has 0 atom stereocenters. The standard InChI is InChI=1S/C8H10N3O3S/c9-8-11-6(5-15-8)2-4-14-7(12)1-3-10-13/h1,3,5,10H,2,4H2,(H2,9,11)/q-1. The van der Waals surface area contributed by atoms with Gasteiger partial charge in [0.05, 0.1) is 12.3 Å². The third-order valence-corrected chi connectivity index (χ3v) is 2.18. The zero-order valence-electron chi connectivity index (χ0n) is 7.80. The molecule has 0 fully saturated rings. The summed E-state index contributed by atoms with van der Waals surface area (Å²) in [4.78, 5) is 14.9. The predicted octanol–water partition coefficient (Wildman–Crippen LogP) is 0.412. The Bertz CT molecular complexity index is 351. The van der Waals surface area contributed by atoms with Gasteiger partial charge in [0.2, 0.25) is 0 Å². The van der Waals surface area contributed by atoms with Crippen molar-refractivity contribution in [3.63, 3.8) is 0 Å². The Balaban J connectivity index is 2.21. The number of nitrogens with one attached hydrogen (secondary N) is 1. The van der Waals surface area contributed by atoms with Crippen LogP contribution in [-0.2, 0) is 16.0 Å². The maximum atomic E-state index is 10.9. The number of rotatable bonds is 5. The fourth-order valence-corrected chi connectivity index (χ4v) is 1.44. The first kappa shape index (κ1) is 11.5. The Hall–Kier alpha value is -1.60. The highest BCUT2D eigenvalue weighted by molar-refractivity contribution is 7.13. The third kappa shape index (κ3) is 4.43. The van der Waals surface area contributed by atoms with Crippen LogP contribution < -0.4 is 11.2 Å². The summed E-state index contributed by atoms with van der Waals surface area (Å²) in [5.41, 5.74) is 7.66. The van der Waals surface area contributed by atoms with E-state index in [0.717, 1.165) is 18.0 Å². The number of esters is 1. The van der Waals surface area contributed by atoms with E-state index >= 15 is 0 Å². The topological polar surface area (TPSA) is 100 Å². The van der Waals surface area contributed by atoms with Crippen molar-refractivity contribution >= 4 is 22.4 Å². The molecule has 0 bridgehead atoms. The molecule has 15 heavy (non-hydrogen) atoms. The van der Waals surface area contributed by atoms with Crippen molar-refractivity contribution in [1.82, 2.24) is 10.5 Å². The van der Waals surface area contributed by atoms with Crippen LogP contribution >= 0.6 is 11.3 Å². The fraction of sp³-hybridized carbons (Fsp3) is 0.250. The van der Waals surface area contributed by atoms with Crippen LogP contribution in [0.5, 0.6) is 0 Å². The SMILES string of the molecule is Nc1nc(CCOC(=O)C=CN[O-])cs1. The summed E-state index contributed by atoms with van der Waals surface area (Å²) in [6.45, 7) is 0.213. The van der Waals surface area contributed by atoms with E-state index in [0.29, 0.717) is 11.6 Å². The predicted molar refractivity (Wildman–Crippen MR) is 56.8 cm³/mol. The lowest BCUT2D eigenvalue weighted by atomic mass is 10.4. The summed E-state index contributed by atoms with van der Waals surface area (Å²) in [5, 5.41) is 12.1. The zero-order valence-corrected chi connectivity index (χ0v) is 8.62. The van der Waals surface area contributed by atoms with Gasteiger partial charge >= 0.3 is 5.97 Å². The smallest absolute Gasteiger partial charge is 0.332 e. The van der Waals surface area contributed by atoms with Gasteiger partial charge in [-0.05, 0) is 6.20 Å². The molecule has 0 amide bonds. The lowest BCUT2D eigenvalue weighted by molar-refractivity contribution is -0.137. The summed E-state index contributed by atoms with van der Waals surface area (Å²) < 4.78 is 4.78. The quantitative estimate of drug-likeness (QED) is 0.430. The molecule has 1 rings (SSSR count). The van der Waals surface area contributed by atoms with E-state index in [9.17, 15) is 10.0 Å². The Morgan fingerprint density at radius 3 is 3.20 bits per heavy atom. The summed E-state index contributed by atoms with van der Waals surface area (Å²) in [5.74, 6) is -0.568. The maximum Gasteiger partial charge on any atom is 0.332 e. The van der Waals surface area contributed by atoms with Crippen LogP contribution in [0.25, 0.3) is 0 Å². The van der Waals surface area contributed by atoms with E-state index in [-0.39, 0.29) is 6.61 Å². The van der Waals surface area contributed by atoms with Crippen LogP contribution in [-0.4, -0.2) is 17.6 Å². The second kappa shape index (κ2) is 5.99. The summed E-state index contributed by atoms with van der Waals surface area (Å²) in [6, 6.07) is 0. The van der Waals surface area contributed by atoms with Gasteiger partial charge in [0.1, 0.15) is 0 Å². The van der Waals surface area contributed by atoms with Crippen LogP contribution in [0, 0.1) is 5.21 Å². The van der Waals surface area contributed by atoms with Gasteiger partial charge in [-0.1, -0.05) is 0 Å². The Labute approximate surface area is 90.3 Å². The van der Waals surface area contributed by atoms with Crippen molar-refractivity contribution in [3.05, 3.63) is 28.6 Å². The van der Waals surface area contributed by atoms with Crippen molar-refractivity contribution in [2.24, 2.45) is 0 Å². The lowest BCUT2D eigenvalue weighted by Gasteiger charge is -2.01. The van der Waals surface area contributed by atoms with Gasteiger partial charge in [-0.25, -0.2) is 9.78 Å². The Kier molecular flexibility index (Phi) is 4.58. The van der Waals surface area contributed by atoms with Crippen LogP contribution in [0.3, 0.4) is 0 Å². The minimum atomic E-state index is -0.568. The molecule has 1 aromatic heterocycles. The number of anilines is 1. The van der Waals surface area contributed by atoms with Gasteiger partial charge in [0, 0.05) is 17.9 Å². The van der Waals surface area contributed by atoms with Crippen LogP contribution in [0.15, 0.2) is 17.7 Å². The average molecular weight is 228 g/mol. The molecule has 1 aromatic rings. The summed E-state index contributed by atoms with van der Waals surface area (Å²) >= 11 is 1.34. The van der Waals surface area contributed by atoms with Crippen LogP contribution in [0.4, 0.5) is 5.13 Å². The Morgan fingerprint density at radius 1 is 1.80 bits per heavy atom. The highest BCUT2D eigenvalue weighted by Gasteiger charge is 2.00. The monoisotopic (exact) mass is 228 g/mol. The van der Waals surface area contributed by atoms with E-state index in [4.69, 9.17) is 10.5 Å². The number of thiazole rings is 1. The van der Waals surface area contributed by atoms with Crippen LogP contribution in [0.1, 0.15) is 5.69 Å². The van der Waals surface area contributed by atoms with Gasteiger partial charge in [-0.15, -0.1) is 11.3 Å². The highest BCUT2D eigenvalue weighted by Crippen LogP contribution is 2.11. The first-order valence-corrected chi connectivity index (χ1v) is 5.01. The van der Waals surface area contributed by atoms with Crippen molar-refractivity contribution in [2.45, 2.75) is 6.42 Å². The summed E-state index contributed by atoms with van der Waals surface area (Å²) in [6.07, 6.45) is 2.49. The van der Waals surface area contributed by atoms with E-state index in [1.54, 1.807) is 5.38 Å². The van der Waals surface area contributed by atoms with Crippen molar-refractivity contribution < 1.29 is 9.53 Å². The number of ether oxygens (including phenoxy) is 1. The maximum absolute atomic E-state index is 10.9. The zero-order chi connectivity index (χ0) is 11.1. The number of nitrogen functional groups attached to an aromatic ring is 1. The third-order valence-electron chi connectivity index (χ3n) is 1.46. The van der Waals surface area contributed by atoms with Crippen molar-refractivity contribution in [1.29, 1.82) is 0 Å². The van der Waals surface area contributed by atoms with Gasteiger partial charge < -0.3 is 21.2 Å². The minimum Gasteiger partial charge on any atom is -0.761 e. The number of carbonyl (C=O) groups excluding carboxylic acids is 1. The molecule has 6 nitrogen and oxygen atoms in total. The van der Waals surface area contributed by atoms with Gasteiger partial charge in [0.25, 0.3) is 0 Å². The Morgan fingerprint density at radius 2 is 2.60 bits per heavy atom. The lowest BCUT2D eigenvalue weighted by Crippen LogP contribution is -2.06. The molecular weight excluding hydrogens is 218 g/mol. The number of hydrogen-bond donors (Lipinski definition) is 2. The van der Waals surface area contributed by atoms with Crippen molar-refractivity contribution in [2.75, 3.05) is 12.3 Å². The molecule has 0 aliphatic rings. The minimum absolute atomic E-state index is 0.213. The van der Waals surface area contributed by atoms with Gasteiger partial charge in [-0.2, -0.15) is 0 Å². The fourth-order valence-electron chi connectivity index (χ4n) is 0.844. The van der Waals surface area contributed by atoms with Gasteiger partial charge in [0.15, 0.2) is 5.13 Å². The molecule has 0 aliphatic heterocycles. The number of aromatic nitrogens is 1. The number of hydroxylamine groups is 1. The molecule has 3 N–H and O–H groups in total. The molecule has 1 heterocycles. The summed E-state index contributed by atoms with van der Waals surface area (Å²) in [7, 11) is 0. The number of nitrogens with zero attached hydrogens (tertiary/aromatic N) is 1. The number of nitrogens with two attached hydrogens (primary N) is 1. The first-order valence-electron chi connectivity index (χ1n) is 4.13.